The van der Waals surface area contributed by atoms with Crippen molar-refractivity contribution in [1.29, 1.82) is 0 Å². The van der Waals surface area contributed by atoms with Crippen LogP contribution in [0.4, 0.5) is 4.79 Å². The summed E-state index contributed by atoms with van der Waals surface area (Å²) >= 11 is 0. The van der Waals surface area contributed by atoms with E-state index in [0.717, 1.165) is 5.56 Å². The first-order valence-electron chi connectivity index (χ1n) is 7.74. The highest BCUT2D eigenvalue weighted by molar-refractivity contribution is 5.86. The molecule has 136 valence electrons. The molecule has 0 aliphatic carbocycles. The molecule has 1 rings (SSSR count). The molecule has 0 unspecified atom stereocenters. The van der Waals surface area contributed by atoms with Gasteiger partial charge in [-0.3, -0.25) is 9.59 Å². The molecule has 0 radical (unpaired) electrons. The summed E-state index contributed by atoms with van der Waals surface area (Å²) in [6, 6.07) is 8.24. The maximum atomic E-state index is 11.7. The third-order valence-electron chi connectivity index (χ3n) is 3.20. The Morgan fingerprint density at radius 1 is 1.28 bits per heavy atom. The molecule has 3 amide bonds. The topological polar surface area (TPSA) is 131 Å². The summed E-state index contributed by atoms with van der Waals surface area (Å²) in [5, 5.41) is 14.5. The second-order valence-corrected chi connectivity index (χ2v) is 5.35. The van der Waals surface area contributed by atoms with E-state index < -0.39 is 30.1 Å². The van der Waals surface area contributed by atoms with Crippen LogP contribution in [0.5, 0.6) is 0 Å². The van der Waals surface area contributed by atoms with Gasteiger partial charge in [0.25, 0.3) is 0 Å². The second kappa shape index (κ2) is 10.8. The molecule has 0 spiro atoms. The highest BCUT2D eigenvalue weighted by Crippen LogP contribution is 2.01. The molecule has 8 nitrogen and oxygen atoms in total. The zero-order chi connectivity index (χ0) is 18.7. The predicted octanol–water partition coefficient (Wildman–Crippen LogP) is 0.210. The van der Waals surface area contributed by atoms with Crippen molar-refractivity contribution in [3.05, 3.63) is 48.6 Å². The Balaban J connectivity index is 2.27. The first-order valence-corrected chi connectivity index (χ1v) is 7.74. The van der Waals surface area contributed by atoms with Crippen molar-refractivity contribution in [3.63, 3.8) is 0 Å². The number of carbonyl (C=O) groups is 3. The van der Waals surface area contributed by atoms with Gasteiger partial charge in [0.05, 0.1) is 12.5 Å². The van der Waals surface area contributed by atoms with Crippen molar-refractivity contribution in [2.24, 2.45) is 5.73 Å². The molecule has 0 saturated carbocycles. The maximum Gasteiger partial charge on any atom is 0.407 e. The summed E-state index contributed by atoms with van der Waals surface area (Å²) in [6.45, 7) is 3.41. The molecule has 1 aromatic rings. The van der Waals surface area contributed by atoms with Gasteiger partial charge in [-0.05, 0) is 12.0 Å². The molecule has 0 aliphatic heterocycles. The number of amides is 3. The van der Waals surface area contributed by atoms with Crippen LogP contribution in [0.3, 0.4) is 0 Å². The van der Waals surface area contributed by atoms with Crippen molar-refractivity contribution in [3.8, 4) is 0 Å². The number of aliphatic hydroxyl groups excluding tert-OH is 1. The molecule has 0 saturated heterocycles. The number of aliphatic hydroxyl groups is 1. The fourth-order valence-electron chi connectivity index (χ4n) is 1.93. The van der Waals surface area contributed by atoms with Gasteiger partial charge >= 0.3 is 6.09 Å². The number of alkyl carbamates (subject to hydrolysis) is 1. The number of hydrogen-bond donors (Lipinski definition) is 4. The molecule has 0 bridgehead atoms. The molecule has 25 heavy (non-hydrogen) atoms. The minimum Gasteiger partial charge on any atom is -0.445 e. The van der Waals surface area contributed by atoms with E-state index in [1.165, 1.54) is 6.08 Å². The highest BCUT2D eigenvalue weighted by Gasteiger charge is 2.19. The van der Waals surface area contributed by atoms with Gasteiger partial charge in [0, 0.05) is 6.54 Å². The van der Waals surface area contributed by atoms with Crippen LogP contribution in [0, 0.1) is 0 Å². The van der Waals surface area contributed by atoms with Gasteiger partial charge in [0.15, 0.2) is 0 Å². The van der Waals surface area contributed by atoms with E-state index in [9.17, 15) is 19.5 Å². The predicted molar refractivity (Wildman–Crippen MR) is 91.2 cm³/mol. The Morgan fingerprint density at radius 2 is 1.96 bits per heavy atom. The largest absolute Gasteiger partial charge is 0.445 e. The summed E-state index contributed by atoms with van der Waals surface area (Å²) < 4.78 is 4.98. The zero-order valence-electron chi connectivity index (χ0n) is 13.8. The van der Waals surface area contributed by atoms with Gasteiger partial charge in [-0.15, -0.1) is 6.58 Å². The van der Waals surface area contributed by atoms with Crippen LogP contribution in [0.2, 0.25) is 0 Å². The number of ether oxygens (including phenoxy) is 1. The molecular formula is C17H23N3O5. The van der Waals surface area contributed by atoms with Crippen LogP contribution in [-0.2, 0) is 20.9 Å². The van der Waals surface area contributed by atoms with Crippen molar-refractivity contribution < 1.29 is 24.2 Å². The summed E-state index contributed by atoms with van der Waals surface area (Å²) in [4.78, 5) is 34.4. The Kier molecular flexibility index (Phi) is 8.73. The Labute approximate surface area is 146 Å². The lowest BCUT2D eigenvalue weighted by molar-refractivity contribution is -0.128. The monoisotopic (exact) mass is 349 g/mol. The fourth-order valence-corrected chi connectivity index (χ4v) is 1.93. The van der Waals surface area contributed by atoms with Crippen molar-refractivity contribution in [2.75, 3.05) is 6.54 Å². The number of primary amides is 1. The van der Waals surface area contributed by atoms with E-state index in [0.29, 0.717) is 0 Å². The summed E-state index contributed by atoms with van der Waals surface area (Å²) in [7, 11) is 0. The molecule has 2 atom stereocenters. The molecule has 0 aromatic heterocycles. The average molecular weight is 349 g/mol. The number of nitrogens with one attached hydrogen (secondary N) is 2. The Hall–Kier alpha value is -2.87. The molecule has 0 heterocycles. The maximum absolute atomic E-state index is 11.7. The lowest BCUT2D eigenvalue weighted by atomic mass is 10.1. The number of benzene rings is 1. The zero-order valence-corrected chi connectivity index (χ0v) is 13.8. The van der Waals surface area contributed by atoms with E-state index >= 15 is 0 Å². The molecule has 5 N–H and O–H groups in total. The van der Waals surface area contributed by atoms with Gasteiger partial charge in [0.1, 0.15) is 12.6 Å². The van der Waals surface area contributed by atoms with E-state index in [4.69, 9.17) is 10.5 Å². The summed E-state index contributed by atoms with van der Waals surface area (Å²) in [5.74, 6) is -1.25. The van der Waals surface area contributed by atoms with Crippen LogP contribution in [0.1, 0.15) is 18.4 Å². The standard InChI is InChI=1S/C17H23N3O5/c1-2-6-14(16(18)23)20-15(22)9-13(21)10-19-17(24)25-11-12-7-4-3-5-8-12/h2-5,7-8,13-14,21H,1,6,9-11H2,(H2,18,23)(H,19,24)(H,20,22)/t13-,14+/m0/s1. The van der Waals surface area contributed by atoms with E-state index in [-0.39, 0.29) is 26.0 Å². The SMILES string of the molecule is C=CC[C@@H](NC(=O)C[C@H](O)CNC(=O)OCc1ccccc1)C(N)=O. The molecule has 8 heteroatoms. The lowest BCUT2D eigenvalue weighted by Gasteiger charge is -2.16. The molecule has 0 fully saturated rings. The lowest BCUT2D eigenvalue weighted by Crippen LogP contribution is -2.45. The minimum atomic E-state index is -1.12. The van der Waals surface area contributed by atoms with Crippen LogP contribution in [0.15, 0.2) is 43.0 Å². The second-order valence-electron chi connectivity index (χ2n) is 5.35. The van der Waals surface area contributed by atoms with Crippen molar-refractivity contribution in [2.45, 2.75) is 31.6 Å². The number of hydrogen-bond acceptors (Lipinski definition) is 5. The first kappa shape index (κ1) is 20.2. The van der Waals surface area contributed by atoms with Gasteiger partial charge in [-0.1, -0.05) is 36.4 Å². The Bertz CT molecular complexity index is 591. The highest BCUT2D eigenvalue weighted by atomic mass is 16.5. The van der Waals surface area contributed by atoms with E-state index in [1.54, 1.807) is 0 Å². The van der Waals surface area contributed by atoms with Gasteiger partial charge in [0.2, 0.25) is 11.8 Å². The first-order chi connectivity index (χ1) is 11.9. The Morgan fingerprint density at radius 3 is 2.56 bits per heavy atom. The number of carbonyl (C=O) groups excluding carboxylic acids is 3. The van der Waals surface area contributed by atoms with Crippen LogP contribution in [-0.4, -0.2) is 41.7 Å². The van der Waals surface area contributed by atoms with Gasteiger partial charge in [-0.25, -0.2) is 4.79 Å². The third-order valence-corrected chi connectivity index (χ3v) is 3.20. The normalized spacial score (nSPS) is 12.5. The summed E-state index contributed by atoms with van der Waals surface area (Å²) in [5.41, 5.74) is 5.97. The third kappa shape index (κ3) is 8.52. The van der Waals surface area contributed by atoms with Crippen molar-refractivity contribution in [1.82, 2.24) is 10.6 Å². The van der Waals surface area contributed by atoms with Crippen LogP contribution in [0.25, 0.3) is 0 Å². The van der Waals surface area contributed by atoms with E-state index in [1.807, 2.05) is 30.3 Å². The van der Waals surface area contributed by atoms with Crippen LogP contribution >= 0.6 is 0 Å². The molecule has 0 aliphatic rings. The number of rotatable bonds is 10. The smallest absolute Gasteiger partial charge is 0.407 e. The quantitative estimate of drug-likeness (QED) is 0.449. The number of nitrogens with two attached hydrogens (primary N) is 1. The van der Waals surface area contributed by atoms with Crippen LogP contribution < -0.4 is 16.4 Å². The fraction of sp³-hybridized carbons (Fsp3) is 0.353. The molecule has 1 aromatic carbocycles. The van der Waals surface area contributed by atoms with Gasteiger partial charge < -0.3 is 26.2 Å². The minimum absolute atomic E-state index is 0.102. The molecular weight excluding hydrogens is 326 g/mol. The van der Waals surface area contributed by atoms with E-state index in [2.05, 4.69) is 17.2 Å². The van der Waals surface area contributed by atoms with Gasteiger partial charge in [-0.2, -0.15) is 0 Å². The average Bonchev–Trinajstić information content (AvgIpc) is 2.58. The van der Waals surface area contributed by atoms with Crippen molar-refractivity contribution >= 4 is 17.9 Å². The summed E-state index contributed by atoms with van der Waals surface area (Å²) in [6.07, 6.45) is -0.469.